The summed E-state index contributed by atoms with van der Waals surface area (Å²) >= 11 is 0. The minimum Gasteiger partial charge on any atom is -0.328 e. The molecule has 17 heavy (non-hydrogen) atoms. The summed E-state index contributed by atoms with van der Waals surface area (Å²) in [5.41, 5.74) is 5.81. The molecule has 0 amide bonds. The van der Waals surface area contributed by atoms with Gasteiger partial charge in [0.15, 0.2) is 0 Å². The van der Waals surface area contributed by atoms with Gasteiger partial charge in [0.25, 0.3) is 0 Å². The summed E-state index contributed by atoms with van der Waals surface area (Å²) < 4.78 is 25.9. The van der Waals surface area contributed by atoms with E-state index in [0.29, 0.717) is 11.7 Å². The maximum Gasteiger partial charge on any atom is 0.214 e. The average molecular weight is 283 g/mol. The van der Waals surface area contributed by atoms with Crippen molar-refractivity contribution in [2.24, 2.45) is 11.7 Å². The molecule has 4 nitrogen and oxygen atoms in total. The van der Waals surface area contributed by atoms with Crippen molar-refractivity contribution in [3.05, 3.63) is 0 Å². The smallest absolute Gasteiger partial charge is 0.214 e. The Hall–Kier alpha value is 0.160. The van der Waals surface area contributed by atoms with Crippen LogP contribution in [0.4, 0.5) is 0 Å². The molecule has 1 saturated carbocycles. The van der Waals surface area contributed by atoms with Crippen LogP contribution in [0.2, 0.25) is 0 Å². The molecule has 0 aromatic carbocycles. The second-order valence-corrected chi connectivity index (χ2v) is 7.19. The third kappa shape index (κ3) is 4.09. The van der Waals surface area contributed by atoms with E-state index in [1.165, 1.54) is 6.42 Å². The predicted molar refractivity (Wildman–Crippen MR) is 71.8 cm³/mol. The van der Waals surface area contributed by atoms with Gasteiger partial charge in [-0.3, -0.25) is 0 Å². The quantitative estimate of drug-likeness (QED) is 0.850. The lowest BCUT2D eigenvalue weighted by atomic mass is 10.1. The van der Waals surface area contributed by atoms with Gasteiger partial charge in [-0.15, -0.1) is 12.4 Å². The SMILES string of the molecule is Cl.N[C@@H]1CC[C@H](CS(=O)(=O)N2CCCCC2)C1. The first-order valence-corrected chi connectivity index (χ1v) is 7.92. The summed E-state index contributed by atoms with van der Waals surface area (Å²) in [6, 6.07) is 0.224. The first-order valence-electron chi connectivity index (χ1n) is 6.31. The first kappa shape index (κ1) is 15.2. The molecule has 2 fully saturated rings. The van der Waals surface area contributed by atoms with Crippen molar-refractivity contribution in [3.63, 3.8) is 0 Å². The largest absolute Gasteiger partial charge is 0.328 e. The molecule has 2 atom stereocenters. The highest BCUT2D eigenvalue weighted by molar-refractivity contribution is 7.89. The number of piperidine rings is 1. The molecule has 2 rings (SSSR count). The first-order chi connectivity index (χ1) is 7.58. The van der Waals surface area contributed by atoms with Gasteiger partial charge in [0.1, 0.15) is 0 Å². The van der Waals surface area contributed by atoms with E-state index in [0.717, 1.165) is 45.2 Å². The summed E-state index contributed by atoms with van der Waals surface area (Å²) in [5, 5.41) is 0. The Morgan fingerprint density at radius 3 is 2.29 bits per heavy atom. The van der Waals surface area contributed by atoms with Gasteiger partial charge in [0, 0.05) is 19.1 Å². The minimum atomic E-state index is -3.01. The van der Waals surface area contributed by atoms with E-state index in [4.69, 9.17) is 5.73 Å². The van der Waals surface area contributed by atoms with E-state index in [9.17, 15) is 8.42 Å². The second-order valence-electron chi connectivity index (χ2n) is 5.18. The molecule has 0 unspecified atom stereocenters. The normalized spacial score (nSPS) is 31.1. The molecule has 0 aromatic heterocycles. The summed E-state index contributed by atoms with van der Waals surface area (Å²) in [4.78, 5) is 0. The van der Waals surface area contributed by atoms with Crippen LogP contribution in [0, 0.1) is 5.92 Å². The summed E-state index contributed by atoms with van der Waals surface area (Å²) in [7, 11) is -3.01. The second kappa shape index (κ2) is 6.36. The van der Waals surface area contributed by atoms with Gasteiger partial charge in [-0.2, -0.15) is 0 Å². The van der Waals surface area contributed by atoms with Crippen LogP contribution in [-0.4, -0.2) is 37.6 Å². The molecule has 0 radical (unpaired) electrons. The number of nitrogens with two attached hydrogens (primary N) is 1. The number of rotatable bonds is 3. The molecule has 1 saturated heterocycles. The molecule has 2 aliphatic rings. The molecule has 2 N–H and O–H groups in total. The van der Waals surface area contributed by atoms with Crippen LogP contribution in [0.3, 0.4) is 0 Å². The van der Waals surface area contributed by atoms with Crippen LogP contribution in [-0.2, 0) is 10.0 Å². The van der Waals surface area contributed by atoms with Crippen LogP contribution in [0.1, 0.15) is 38.5 Å². The molecular formula is C11H23ClN2O2S. The lowest BCUT2D eigenvalue weighted by Gasteiger charge is -2.27. The number of nitrogens with zero attached hydrogens (tertiary/aromatic N) is 1. The lowest BCUT2D eigenvalue weighted by molar-refractivity contribution is 0.343. The third-order valence-corrected chi connectivity index (χ3v) is 5.78. The molecule has 1 aliphatic heterocycles. The maximum atomic E-state index is 12.1. The third-order valence-electron chi connectivity index (χ3n) is 3.74. The highest BCUT2D eigenvalue weighted by atomic mass is 35.5. The fraction of sp³-hybridized carbons (Fsp3) is 1.00. The molecule has 0 aromatic rings. The van der Waals surface area contributed by atoms with Gasteiger partial charge >= 0.3 is 0 Å². The van der Waals surface area contributed by atoms with Crippen LogP contribution < -0.4 is 5.73 Å². The van der Waals surface area contributed by atoms with Crippen molar-refractivity contribution < 1.29 is 8.42 Å². The molecular weight excluding hydrogens is 260 g/mol. The van der Waals surface area contributed by atoms with Crippen molar-refractivity contribution in [1.29, 1.82) is 0 Å². The molecule has 102 valence electrons. The Labute approximate surface area is 110 Å². The molecule has 0 bridgehead atoms. The Morgan fingerprint density at radius 2 is 1.76 bits per heavy atom. The Balaban J connectivity index is 0.00000144. The lowest BCUT2D eigenvalue weighted by Crippen LogP contribution is -2.38. The number of hydrogen-bond acceptors (Lipinski definition) is 3. The zero-order valence-corrected chi connectivity index (χ0v) is 11.8. The predicted octanol–water partition coefficient (Wildman–Crippen LogP) is 1.35. The van der Waals surface area contributed by atoms with Gasteiger partial charge in [-0.05, 0) is 38.0 Å². The highest BCUT2D eigenvalue weighted by Crippen LogP contribution is 2.27. The Bertz CT molecular complexity index is 328. The monoisotopic (exact) mass is 282 g/mol. The molecule has 1 aliphatic carbocycles. The van der Waals surface area contributed by atoms with Crippen molar-refractivity contribution >= 4 is 22.4 Å². The standard InChI is InChI=1S/C11H22N2O2S.ClH/c12-11-5-4-10(8-11)9-16(14,15)13-6-2-1-3-7-13;/h10-11H,1-9,12H2;1H/t10-,11+;/m0./s1. The van der Waals surface area contributed by atoms with Crippen LogP contribution in [0.25, 0.3) is 0 Å². The zero-order valence-electron chi connectivity index (χ0n) is 10.2. The summed E-state index contributed by atoms with van der Waals surface area (Å²) in [6.45, 7) is 1.45. The Morgan fingerprint density at radius 1 is 1.12 bits per heavy atom. The van der Waals surface area contributed by atoms with E-state index in [-0.39, 0.29) is 18.4 Å². The van der Waals surface area contributed by atoms with Gasteiger partial charge in [0.2, 0.25) is 10.0 Å². The van der Waals surface area contributed by atoms with E-state index in [2.05, 4.69) is 0 Å². The van der Waals surface area contributed by atoms with Crippen LogP contribution >= 0.6 is 12.4 Å². The average Bonchev–Trinajstić information content (AvgIpc) is 2.64. The van der Waals surface area contributed by atoms with Crippen LogP contribution in [0.15, 0.2) is 0 Å². The zero-order chi connectivity index (χ0) is 11.6. The highest BCUT2D eigenvalue weighted by Gasteiger charge is 2.30. The molecule has 6 heteroatoms. The molecule has 1 heterocycles. The number of halogens is 1. The van der Waals surface area contributed by atoms with E-state index >= 15 is 0 Å². The van der Waals surface area contributed by atoms with Gasteiger partial charge < -0.3 is 5.73 Å². The van der Waals surface area contributed by atoms with Gasteiger partial charge in [-0.25, -0.2) is 12.7 Å². The topological polar surface area (TPSA) is 63.4 Å². The maximum absolute atomic E-state index is 12.1. The van der Waals surface area contributed by atoms with Gasteiger partial charge in [0.05, 0.1) is 5.75 Å². The minimum absolute atomic E-state index is 0. The van der Waals surface area contributed by atoms with E-state index in [1.54, 1.807) is 4.31 Å². The van der Waals surface area contributed by atoms with Crippen molar-refractivity contribution in [1.82, 2.24) is 4.31 Å². The molecule has 0 spiro atoms. The summed E-state index contributed by atoms with van der Waals surface area (Å²) in [6.07, 6.45) is 6.05. The number of sulfonamides is 1. The Kier molecular flexibility index (Phi) is 5.70. The fourth-order valence-corrected chi connectivity index (χ4v) is 4.74. The van der Waals surface area contributed by atoms with Gasteiger partial charge in [-0.1, -0.05) is 6.42 Å². The van der Waals surface area contributed by atoms with Crippen molar-refractivity contribution in [2.75, 3.05) is 18.8 Å². The van der Waals surface area contributed by atoms with Crippen LogP contribution in [0.5, 0.6) is 0 Å². The fourth-order valence-electron chi connectivity index (χ4n) is 2.81. The summed E-state index contributed by atoms with van der Waals surface area (Å²) in [5.74, 6) is 0.614. The van der Waals surface area contributed by atoms with E-state index in [1.807, 2.05) is 0 Å². The number of hydrogen-bond donors (Lipinski definition) is 1. The van der Waals surface area contributed by atoms with E-state index < -0.39 is 10.0 Å². The van der Waals surface area contributed by atoms with Crippen molar-refractivity contribution in [2.45, 2.75) is 44.6 Å². The van der Waals surface area contributed by atoms with Crippen molar-refractivity contribution in [3.8, 4) is 0 Å².